The zero-order chi connectivity index (χ0) is 11.9. The van der Waals surface area contributed by atoms with Gasteiger partial charge < -0.3 is 10.1 Å². The average molecular weight is 215 g/mol. The van der Waals surface area contributed by atoms with Gasteiger partial charge in [-0.25, -0.2) is 0 Å². The number of rotatable bonds is 7. The quantitative estimate of drug-likeness (QED) is 0.704. The van der Waals surface area contributed by atoms with Crippen LogP contribution in [0.2, 0.25) is 0 Å². The van der Waals surface area contributed by atoms with Gasteiger partial charge in [0.15, 0.2) is 0 Å². The Morgan fingerprint density at radius 2 is 1.87 bits per heavy atom. The van der Waals surface area contributed by atoms with Gasteiger partial charge in [-0.3, -0.25) is 0 Å². The molecule has 0 spiro atoms. The Balaban J connectivity index is 4.12. The van der Waals surface area contributed by atoms with E-state index < -0.39 is 0 Å². The molecular formula is C13H29NO. The van der Waals surface area contributed by atoms with Crippen molar-refractivity contribution >= 4 is 0 Å². The molecule has 15 heavy (non-hydrogen) atoms. The molecule has 92 valence electrons. The predicted octanol–water partition coefficient (Wildman–Crippen LogP) is 3.22. The van der Waals surface area contributed by atoms with Crippen LogP contribution in [0.3, 0.4) is 0 Å². The Labute approximate surface area is 95.8 Å². The van der Waals surface area contributed by atoms with Gasteiger partial charge in [0, 0.05) is 19.2 Å². The van der Waals surface area contributed by atoms with Gasteiger partial charge >= 0.3 is 0 Å². The molecule has 0 unspecified atom stereocenters. The van der Waals surface area contributed by atoms with E-state index in [1.807, 2.05) is 0 Å². The van der Waals surface area contributed by atoms with Crippen LogP contribution in [-0.2, 0) is 4.74 Å². The maximum Gasteiger partial charge on any atom is 0.0613 e. The van der Waals surface area contributed by atoms with E-state index >= 15 is 0 Å². The highest BCUT2D eigenvalue weighted by Gasteiger charge is 2.24. The summed E-state index contributed by atoms with van der Waals surface area (Å²) in [5, 5.41) is 3.67. The highest BCUT2D eigenvalue weighted by molar-refractivity contribution is 4.82. The molecule has 0 heterocycles. The van der Waals surface area contributed by atoms with Gasteiger partial charge in [-0.05, 0) is 18.8 Å². The van der Waals surface area contributed by atoms with E-state index in [0.29, 0.717) is 17.5 Å². The monoisotopic (exact) mass is 215 g/mol. The van der Waals surface area contributed by atoms with Crippen LogP contribution < -0.4 is 5.32 Å². The fourth-order valence-electron chi connectivity index (χ4n) is 1.82. The minimum Gasteiger partial charge on any atom is -0.383 e. The first kappa shape index (κ1) is 14.9. The fraction of sp³-hybridized carbons (Fsp3) is 1.00. The number of methoxy groups -OCH3 is 1. The molecule has 0 aliphatic heterocycles. The van der Waals surface area contributed by atoms with Gasteiger partial charge in [0.2, 0.25) is 0 Å². The molecule has 0 radical (unpaired) electrons. The van der Waals surface area contributed by atoms with Crippen LogP contribution in [0, 0.1) is 5.41 Å². The molecule has 1 N–H and O–H groups in total. The van der Waals surface area contributed by atoms with E-state index in [4.69, 9.17) is 4.74 Å². The lowest BCUT2D eigenvalue weighted by Crippen LogP contribution is -2.46. The zero-order valence-electron chi connectivity index (χ0n) is 11.4. The summed E-state index contributed by atoms with van der Waals surface area (Å²) in [5.74, 6) is 0. The zero-order valence-corrected chi connectivity index (χ0v) is 11.4. The summed E-state index contributed by atoms with van der Waals surface area (Å²) < 4.78 is 5.16. The second-order valence-electron chi connectivity index (χ2n) is 5.58. The maximum atomic E-state index is 5.16. The number of ether oxygens (including phenoxy) is 1. The van der Waals surface area contributed by atoms with Crippen molar-refractivity contribution in [2.24, 2.45) is 5.41 Å². The van der Waals surface area contributed by atoms with Crippen molar-refractivity contribution < 1.29 is 4.74 Å². The molecule has 2 heteroatoms. The topological polar surface area (TPSA) is 21.3 Å². The molecule has 0 aromatic rings. The van der Waals surface area contributed by atoms with Crippen molar-refractivity contribution in [2.45, 2.75) is 66.0 Å². The van der Waals surface area contributed by atoms with Crippen LogP contribution in [0.1, 0.15) is 53.9 Å². The standard InChI is InChI=1S/C13H29NO/c1-7-8-9-12(13(3,4)5)14-11(2)10-15-6/h11-12,14H,7-10H2,1-6H3/t11-,12-/m0/s1. The van der Waals surface area contributed by atoms with Crippen molar-refractivity contribution in [3.8, 4) is 0 Å². The lowest BCUT2D eigenvalue weighted by Gasteiger charge is -2.34. The molecule has 0 aliphatic carbocycles. The first-order valence-electron chi connectivity index (χ1n) is 6.16. The largest absolute Gasteiger partial charge is 0.383 e. The molecule has 0 fully saturated rings. The van der Waals surface area contributed by atoms with Crippen LogP contribution in [-0.4, -0.2) is 25.8 Å². The third kappa shape index (κ3) is 6.91. The highest BCUT2D eigenvalue weighted by atomic mass is 16.5. The van der Waals surface area contributed by atoms with E-state index in [1.165, 1.54) is 19.3 Å². The van der Waals surface area contributed by atoms with E-state index in [1.54, 1.807) is 7.11 Å². The summed E-state index contributed by atoms with van der Waals surface area (Å²) in [7, 11) is 1.76. The number of hydrogen-bond donors (Lipinski definition) is 1. The highest BCUT2D eigenvalue weighted by Crippen LogP contribution is 2.23. The molecule has 0 saturated carbocycles. The number of nitrogens with one attached hydrogen (secondary N) is 1. The molecule has 2 nitrogen and oxygen atoms in total. The van der Waals surface area contributed by atoms with Crippen LogP contribution >= 0.6 is 0 Å². The van der Waals surface area contributed by atoms with Crippen LogP contribution in [0.25, 0.3) is 0 Å². The Morgan fingerprint density at radius 3 is 2.27 bits per heavy atom. The predicted molar refractivity (Wildman–Crippen MR) is 67.2 cm³/mol. The van der Waals surface area contributed by atoms with E-state index in [-0.39, 0.29) is 0 Å². The van der Waals surface area contributed by atoms with Crippen molar-refractivity contribution in [1.82, 2.24) is 5.32 Å². The normalized spacial score (nSPS) is 16.4. The molecule has 0 rings (SSSR count). The van der Waals surface area contributed by atoms with Crippen LogP contribution in [0.15, 0.2) is 0 Å². The van der Waals surface area contributed by atoms with Crippen LogP contribution in [0.4, 0.5) is 0 Å². The Kier molecular flexibility index (Phi) is 7.20. The molecule has 0 aliphatic rings. The van der Waals surface area contributed by atoms with Crippen molar-refractivity contribution in [3.05, 3.63) is 0 Å². The molecule has 0 saturated heterocycles. The fourth-order valence-corrected chi connectivity index (χ4v) is 1.82. The summed E-state index contributed by atoms with van der Waals surface area (Å²) in [6.45, 7) is 12.1. The summed E-state index contributed by atoms with van der Waals surface area (Å²) in [6.07, 6.45) is 3.83. The third-order valence-corrected chi connectivity index (χ3v) is 2.79. The minimum absolute atomic E-state index is 0.331. The SMILES string of the molecule is CCCC[C@H](N[C@@H](C)COC)C(C)(C)C. The summed E-state index contributed by atoms with van der Waals surface area (Å²) >= 11 is 0. The second-order valence-corrected chi connectivity index (χ2v) is 5.58. The van der Waals surface area contributed by atoms with Crippen molar-refractivity contribution in [1.29, 1.82) is 0 Å². The van der Waals surface area contributed by atoms with E-state index in [2.05, 4.69) is 39.9 Å². The first-order chi connectivity index (χ1) is 6.91. The minimum atomic E-state index is 0.331. The molecule has 0 aromatic heterocycles. The van der Waals surface area contributed by atoms with Gasteiger partial charge in [0.1, 0.15) is 0 Å². The molecule has 0 bridgehead atoms. The van der Waals surface area contributed by atoms with Gasteiger partial charge in [0.25, 0.3) is 0 Å². The smallest absolute Gasteiger partial charge is 0.0613 e. The Bertz CT molecular complexity index is 151. The second kappa shape index (κ2) is 7.24. The van der Waals surface area contributed by atoms with Gasteiger partial charge in [-0.15, -0.1) is 0 Å². The molecule has 0 amide bonds. The number of unbranched alkanes of at least 4 members (excludes halogenated alkanes) is 1. The first-order valence-corrected chi connectivity index (χ1v) is 6.16. The summed E-state index contributed by atoms with van der Waals surface area (Å²) in [4.78, 5) is 0. The summed E-state index contributed by atoms with van der Waals surface area (Å²) in [5.41, 5.74) is 0.331. The van der Waals surface area contributed by atoms with Crippen LogP contribution in [0.5, 0.6) is 0 Å². The maximum absolute atomic E-state index is 5.16. The molecule has 2 atom stereocenters. The average Bonchev–Trinajstić information content (AvgIpc) is 2.10. The van der Waals surface area contributed by atoms with Crippen molar-refractivity contribution in [2.75, 3.05) is 13.7 Å². The molecular weight excluding hydrogens is 186 g/mol. The molecule has 0 aromatic carbocycles. The Hall–Kier alpha value is -0.0800. The van der Waals surface area contributed by atoms with Crippen molar-refractivity contribution in [3.63, 3.8) is 0 Å². The van der Waals surface area contributed by atoms with E-state index in [9.17, 15) is 0 Å². The summed E-state index contributed by atoms with van der Waals surface area (Å²) in [6, 6.07) is 1.03. The number of hydrogen-bond acceptors (Lipinski definition) is 2. The van der Waals surface area contributed by atoms with Gasteiger partial charge in [0.05, 0.1) is 6.61 Å². The lowest BCUT2D eigenvalue weighted by molar-refractivity contribution is 0.146. The Morgan fingerprint density at radius 1 is 1.27 bits per heavy atom. The van der Waals surface area contributed by atoms with E-state index in [0.717, 1.165) is 6.61 Å². The third-order valence-electron chi connectivity index (χ3n) is 2.79. The van der Waals surface area contributed by atoms with Gasteiger partial charge in [-0.1, -0.05) is 40.5 Å². The van der Waals surface area contributed by atoms with Gasteiger partial charge in [-0.2, -0.15) is 0 Å². The lowest BCUT2D eigenvalue weighted by atomic mass is 9.83.